The second-order valence-corrected chi connectivity index (χ2v) is 5.64. The van der Waals surface area contributed by atoms with Crippen LogP contribution in [0.4, 0.5) is 5.69 Å². The van der Waals surface area contributed by atoms with E-state index in [1.807, 2.05) is 36.5 Å². The van der Waals surface area contributed by atoms with Gasteiger partial charge in [0.1, 0.15) is 0 Å². The second-order valence-electron chi connectivity index (χ2n) is 4.79. The van der Waals surface area contributed by atoms with Gasteiger partial charge in [-0.2, -0.15) is 5.26 Å². The van der Waals surface area contributed by atoms with Gasteiger partial charge in [-0.1, -0.05) is 28.1 Å². The quantitative estimate of drug-likeness (QED) is 0.816. The first-order valence-corrected chi connectivity index (χ1v) is 7.51. The number of halogens is 1. The van der Waals surface area contributed by atoms with Crippen molar-refractivity contribution in [2.75, 3.05) is 12.3 Å². The highest BCUT2D eigenvalue weighted by Crippen LogP contribution is 2.24. The SMILES string of the molecule is N#CCCN(Cc1cccnc1)Cc1c(N)cccc1Br. The van der Waals surface area contributed by atoms with E-state index in [0.29, 0.717) is 19.5 Å². The number of aromatic nitrogens is 1. The van der Waals surface area contributed by atoms with Crippen molar-refractivity contribution < 1.29 is 0 Å². The van der Waals surface area contributed by atoms with Crippen LogP contribution >= 0.6 is 15.9 Å². The van der Waals surface area contributed by atoms with E-state index < -0.39 is 0 Å². The Labute approximate surface area is 133 Å². The third-order valence-electron chi connectivity index (χ3n) is 3.21. The van der Waals surface area contributed by atoms with Crippen molar-refractivity contribution >= 4 is 21.6 Å². The third-order valence-corrected chi connectivity index (χ3v) is 3.95. The molecule has 0 spiro atoms. The van der Waals surface area contributed by atoms with Crippen LogP contribution < -0.4 is 5.73 Å². The second kappa shape index (κ2) is 7.77. The average Bonchev–Trinajstić information content (AvgIpc) is 2.49. The van der Waals surface area contributed by atoms with E-state index >= 15 is 0 Å². The number of nitrogens with zero attached hydrogens (tertiary/aromatic N) is 3. The molecule has 2 N–H and O–H groups in total. The normalized spacial score (nSPS) is 10.5. The highest BCUT2D eigenvalue weighted by Gasteiger charge is 2.11. The van der Waals surface area contributed by atoms with Crippen LogP contribution in [0.15, 0.2) is 47.2 Å². The first-order valence-electron chi connectivity index (χ1n) is 6.72. The first kappa shape index (κ1) is 15.5. The molecule has 0 saturated heterocycles. The molecule has 4 nitrogen and oxygen atoms in total. The smallest absolute Gasteiger partial charge is 0.0635 e. The Morgan fingerprint density at radius 1 is 1.24 bits per heavy atom. The van der Waals surface area contributed by atoms with Crippen LogP contribution in [0.1, 0.15) is 17.5 Å². The highest BCUT2D eigenvalue weighted by molar-refractivity contribution is 9.10. The number of nitriles is 1. The Balaban J connectivity index is 2.15. The summed E-state index contributed by atoms with van der Waals surface area (Å²) in [6, 6.07) is 12.0. The van der Waals surface area contributed by atoms with Gasteiger partial charge in [-0.05, 0) is 23.8 Å². The molecule has 2 rings (SSSR count). The molecule has 0 amide bonds. The lowest BCUT2D eigenvalue weighted by Crippen LogP contribution is -2.24. The Kier molecular flexibility index (Phi) is 5.73. The molecule has 0 aliphatic rings. The highest BCUT2D eigenvalue weighted by atomic mass is 79.9. The zero-order chi connectivity index (χ0) is 15.1. The summed E-state index contributed by atoms with van der Waals surface area (Å²) in [5, 5.41) is 8.83. The molecule has 0 unspecified atom stereocenters. The van der Waals surface area contributed by atoms with E-state index in [-0.39, 0.29) is 0 Å². The number of hydrogen-bond donors (Lipinski definition) is 1. The monoisotopic (exact) mass is 344 g/mol. The van der Waals surface area contributed by atoms with Crippen molar-refractivity contribution in [1.82, 2.24) is 9.88 Å². The van der Waals surface area contributed by atoms with Gasteiger partial charge in [0.2, 0.25) is 0 Å². The van der Waals surface area contributed by atoms with Gasteiger partial charge < -0.3 is 5.73 Å². The van der Waals surface area contributed by atoms with Crippen molar-refractivity contribution in [2.45, 2.75) is 19.5 Å². The number of anilines is 1. The Hall–Kier alpha value is -1.90. The molecule has 21 heavy (non-hydrogen) atoms. The summed E-state index contributed by atoms with van der Waals surface area (Å²) in [6.07, 6.45) is 4.10. The summed E-state index contributed by atoms with van der Waals surface area (Å²) >= 11 is 3.55. The Morgan fingerprint density at radius 3 is 2.76 bits per heavy atom. The van der Waals surface area contributed by atoms with Crippen molar-refractivity contribution in [1.29, 1.82) is 5.26 Å². The standard InChI is InChI=1S/C16H17BrN4/c17-15-5-1-6-16(19)14(15)12-21(9-3-7-18)11-13-4-2-8-20-10-13/h1-2,4-6,8,10H,3,9,11-12,19H2. The van der Waals surface area contributed by atoms with E-state index in [0.717, 1.165) is 27.8 Å². The maximum absolute atomic E-state index is 8.83. The zero-order valence-corrected chi connectivity index (χ0v) is 13.3. The van der Waals surface area contributed by atoms with Gasteiger partial charge in [-0.3, -0.25) is 9.88 Å². The van der Waals surface area contributed by atoms with Crippen LogP contribution in [0.5, 0.6) is 0 Å². The van der Waals surface area contributed by atoms with Gasteiger partial charge in [0.15, 0.2) is 0 Å². The van der Waals surface area contributed by atoms with Gasteiger partial charge in [0.05, 0.1) is 6.07 Å². The van der Waals surface area contributed by atoms with E-state index in [9.17, 15) is 0 Å². The van der Waals surface area contributed by atoms with Crippen LogP contribution in [-0.4, -0.2) is 16.4 Å². The van der Waals surface area contributed by atoms with Crippen molar-refractivity contribution in [3.05, 3.63) is 58.3 Å². The molecule has 0 saturated carbocycles. The lowest BCUT2D eigenvalue weighted by atomic mass is 10.1. The molecule has 0 aliphatic carbocycles. The largest absolute Gasteiger partial charge is 0.398 e. The molecule has 0 radical (unpaired) electrons. The minimum atomic E-state index is 0.491. The Bertz CT molecular complexity index is 602. The first-order chi connectivity index (χ1) is 10.2. The third kappa shape index (κ3) is 4.55. The summed E-state index contributed by atoms with van der Waals surface area (Å²) in [6.45, 7) is 2.15. The molecule has 1 aromatic heterocycles. The number of rotatable bonds is 6. The summed E-state index contributed by atoms with van der Waals surface area (Å²) in [4.78, 5) is 6.34. The van der Waals surface area contributed by atoms with Crippen LogP contribution in [0.25, 0.3) is 0 Å². The summed E-state index contributed by atoms with van der Waals surface area (Å²) < 4.78 is 0.996. The van der Waals surface area contributed by atoms with Crippen LogP contribution in [0.2, 0.25) is 0 Å². The molecule has 0 atom stereocenters. The van der Waals surface area contributed by atoms with Gasteiger partial charge in [-0.15, -0.1) is 0 Å². The average molecular weight is 345 g/mol. The number of nitrogens with two attached hydrogens (primary N) is 1. The fraction of sp³-hybridized carbons (Fsp3) is 0.250. The predicted octanol–water partition coefficient (Wildman–Crippen LogP) is 3.34. The fourth-order valence-corrected chi connectivity index (χ4v) is 2.64. The molecule has 1 heterocycles. The molecule has 0 bridgehead atoms. The van der Waals surface area contributed by atoms with Gasteiger partial charge >= 0.3 is 0 Å². The molecule has 2 aromatic rings. The van der Waals surface area contributed by atoms with Crippen molar-refractivity contribution in [3.8, 4) is 6.07 Å². The van der Waals surface area contributed by atoms with Crippen LogP contribution in [-0.2, 0) is 13.1 Å². The Morgan fingerprint density at radius 2 is 2.10 bits per heavy atom. The molecular formula is C16H17BrN4. The minimum absolute atomic E-state index is 0.491. The molecule has 108 valence electrons. The van der Waals surface area contributed by atoms with Crippen molar-refractivity contribution in [3.63, 3.8) is 0 Å². The predicted molar refractivity (Wildman–Crippen MR) is 87.1 cm³/mol. The number of hydrogen-bond acceptors (Lipinski definition) is 4. The zero-order valence-electron chi connectivity index (χ0n) is 11.7. The maximum Gasteiger partial charge on any atom is 0.0635 e. The van der Waals surface area contributed by atoms with Gasteiger partial charge in [0, 0.05) is 54.2 Å². The number of benzene rings is 1. The van der Waals surface area contributed by atoms with E-state index in [1.165, 1.54) is 0 Å². The lowest BCUT2D eigenvalue weighted by molar-refractivity contribution is 0.262. The number of pyridine rings is 1. The van der Waals surface area contributed by atoms with Crippen LogP contribution in [0.3, 0.4) is 0 Å². The molecule has 0 fully saturated rings. The van der Waals surface area contributed by atoms with Crippen molar-refractivity contribution in [2.24, 2.45) is 0 Å². The summed E-state index contributed by atoms with van der Waals surface area (Å²) in [7, 11) is 0. The van der Waals surface area contributed by atoms with E-state index in [4.69, 9.17) is 11.0 Å². The van der Waals surface area contributed by atoms with E-state index in [1.54, 1.807) is 6.20 Å². The minimum Gasteiger partial charge on any atom is -0.398 e. The van der Waals surface area contributed by atoms with E-state index in [2.05, 4.69) is 31.9 Å². The number of nitrogen functional groups attached to an aromatic ring is 1. The summed E-state index contributed by atoms with van der Waals surface area (Å²) in [5.74, 6) is 0. The van der Waals surface area contributed by atoms with Gasteiger partial charge in [0.25, 0.3) is 0 Å². The fourth-order valence-electron chi connectivity index (χ4n) is 2.14. The molecular weight excluding hydrogens is 328 g/mol. The molecule has 1 aromatic carbocycles. The van der Waals surface area contributed by atoms with Crippen LogP contribution in [0, 0.1) is 11.3 Å². The summed E-state index contributed by atoms with van der Waals surface area (Å²) in [5.41, 5.74) is 9.00. The maximum atomic E-state index is 8.83. The topological polar surface area (TPSA) is 65.9 Å². The molecule has 5 heteroatoms. The molecule has 0 aliphatic heterocycles. The lowest BCUT2D eigenvalue weighted by Gasteiger charge is -2.22. The van der Waals surface area contributed by atoms with Gasteiger partial charge in [-0.25, -0.2) is 0 Å².